The summed E-state index contributed by atoms with van der Waals surface area (Å²) in [4.78, 5) is 30.4. The van der Waals surface area contributed by atoms with Gasteiger partial charge in [0.25, 0.3) is 0 Å². The van der Waals surface area contributed by atoms with Gasteiger partial charge in [0, 0.05) is 6.42 Å². The summed E-state index contributed by atoms with van der Waals surface area (Å²) >= 11 is 0. The van der Waals surface area contributed by atoms with E-state index in [0.29, 0.717) is 17.9 Å². The lowest BCUT2D eigenvalue weighted by atomic mass is 9.79. The lowest BCUT2D eigenvalue weighted by molar-refractivity contribution is -0.126. The Balaban J connectivity index is 1.91. The summed E-state index contributed by atoms with van der Waals surface area (Å²) in [5.41, 5.74) is 5.65. The quantitative estimate of drug-likeness (QED) is 0.796. The first kappa shape index (κ1) is 13.1. The molecule has 1 aromatic rings. The third-order valence-electron chi connectivity index (χ3n) is 4.46. The molecule has 2 fully saturated rings. The van der Waals surface area contributed by atoms with Crippen LogP contribution < -0.4 is 10.6 Å². The maximum Gasteiger partial charge on any atom is 0.241 e. The minimum Gasteiger partial charge on any atom is -0.397 e. The highest BCUT2D eigenvalue weighted by Crippen LogP contribution is 2.45. The highest BCUT2D eigenvalue weighted by molar-refractivity contribution is 6.22. The number of nitrogen functional groups attached to an aromatic ring is 1. The van der Waals surface area contributed by atoms with Crippen molar-refractivity contribution in [1.29, 1.82) is 0 Å². The zero-order chi connectivity index (χ0) is 14.2. The Hall–Kier alpha value is -1.91. The van der Waals surface area contributed by atoms with E-state index < -0.39 is 5.41 Å². The van der Waals surface area contributed by atoms with E-state index in [4.69, 9.17) is 5.73 Å². The first-order valence-corrected chi connectivity index (χ1v) is 7.21. The number of hydrogen-bond donors (Lipinski definition) is 1. The topological polar surface area (TPSA) is 76.3 Å². The Morgan fingerprint density at radius 3 is 2.40 bits per heavy atom. The summed E-state index contributed by atoms with van der Waals surface area (Å²) in [7, 11) is 0. The van der Waals surface area contributed by atoms with Gasteiger partial charge in [0.2, 0.25) is 11.8 Å². The molecule has 1 saturated heterocycles. The monoisotopic (exact) mass is 273 g/mol. The number of carbonyl (C=O) groups excluding carboxylic acids is 2. The van der Waals surface area contributed by atoms with E-state index in [-0.39, 0.29) is 11.8 Å². The molecule has 0 radical (unpaired) electrons. The fourth-order valence-electron chi connectivity index (χ4n) is 3.35. The lowest BCUT2D eigenvalue weighted by Crippen LogP contribution is -2.36. The van der Waals surface area contributed by atoms with E-state index in [1.165, 1.54) is 11.1 Å². The maximum absolute atomic E-state index is 12.8. The highest BCUT2D eigenvalue weighted by atomic mass is 16.2. The van der Waals surface area contributed by atoms with Crippen LogP contribution in [0.4, 0.5) is 11.5 Å². The number of carbonyl (C=O) groups is 2. The number of nitrogens with two attached hydrogens (primary N) is 1. The second-order valence-corrected chi connectivity index (χ2v) is 5.86. The van der Waals surface area contributed by atoms with Gasteiger partial charge in [-0.3, -0.25) is 9.59 Å². The first-order valence-electron chi connectivity index (χ1n) is 7.21. The standard InChI is InChI=1S/C15H19N3O2/c16-11-5-6-12(17-10-11)18-13(19)9-15(14(18)20)7-3-1-2-4-8-15/h5-6,10H,1-4,7-9,16H2. The minimum atomic E-state index is -0.476. The molecule has 1 saturated carbocycles. The Bertz CT molecular complexity index is 531. The molecule has 106 valence electrons. The Labute approximate surface area is 118 Å². The summed E-state index contributed by atoms with van der Waals surface area (Å²) < 4.78 is 0. The van der Waals surface area contributed by atoms with Gasteiger partial charge in [0.05, 0.1) is 17.3 Å². The Kier molecular flexibility index (Phi) is 3.20. The van der Waals surface area contributed by atoms with Gasteiger partial charge < -0.3 is 5.73 Å². The number of aromatic nitrogens is 1. The third kappa shape index (κ3) is 2.07. The van der Waals surface area contributed by atoms with E-state index in [2.05, 4.69) is 4.98 Å². The summed E-state index contributed by atoms with van der Waals surface area (Å²) in [6.07, 6.45) is 7.83. The molecule has 1 aromatic heterocycles. The van der Waals surface area contributed by atoms with Crippen molar-refractivity contribution < 1.29 is 9.59 Å². The van der Waals surface area contributed by atoms with Crippen LogP contribution in [0, 0.1) is 5.41 Å². The van der Waals surface area contributed by atoms with Crippen molar-refractivity contribution in [3.05, 3.63) is 18.3 Å². The predicted octanol–water partition coefficient (Wildman–Crippen LogP) is 2.27. The predicted molar refractivity (Wildman–Crippen MR) is 75.9 cm³/mol. The van der Waals surface area contributed by atoms with E-state index in [1.54, 1.807) is 12.1 Å². The normalized spacial score (nSPS) is 22.3. The SMILES string of the molecule is Nc1ccc(N2C(=O)CC3(CCCCCC3)C2=O)nc1. The molecule has 20 heavy (non-hydrogen) atoms. The molecule has 3 rings (SSSR count). The van der Waals surface area contributed by atoms with E-state index in [0.717, 1.165) is 38.5 Å². The number of amides is 2. The summed E-state index contributed by atoms with van der Waals surface area (Å²) in [5.74, 6) is 0.200. The molecule has 5 nitrogen and oxygen atoms in total. The second-order valence-electron chi connectivity index (χ2n) is 5.86. The van der Waals surface area contributed by atoms with Crippen LogP contribution in [0.5, 0.6) is 0 Å². The molecular weight excluding hydrogens is 254 g/mol. The number of rotatable bonds is 1. The maximum atomic E-state index is 12.8. The first-order chi connectivity index (χ1) is 9.62. The zero-order valence-electron chi connectivity index (χ0n) is 11.5. The minimum absolute atomic E-state index is 0.0679. The molecule has 2 amide bonds. The molecule has 0 unspecified atom stereocenters. The average molecular weight is 273 g/mol. The van der Waals surface area contributed by atoms with Gasteiger partial charge in [0.1, 0.15) is 5.82 Å². The number of anilines is 2. The van der Waals surface area contributed by atoms with Gasteiger partial charge >= 0.3 is 0 Å². The molecule has 1 aliphatic heterocycles. The Morgan fingerprint density at radius 1 is 1.10 bits per heavy atom. The van der Waals surface area contributed by atoms with Crippen LogP contribution in [0.15, 0.2) is 18.3 Å². The van der Waals surface area contributed by atoms with Crippen molar-refractivity contribution in [2.24, 2.45) is 5.41 Å². The summed E-state index contributed by atoms with van der Waals surface area (Å²) in [6.45, 7) is 0. The van der Waals surface area contributed by atoms with E-state index >= 15 is 0 Å². The average Bonchev–Trinajstić information content (AvgIpc) is 2.60. The lowest BCUT2D eigenvalue weighted by Gasteiger charge is -2.24. The van der Waals surface area contributed by atoms with Gasteiger partial charge in [-0.15, -0.1) is 0 Å². The number of nitrogens with zero attached hydrogens (tertiary/aromatic N) is 2. The molecule has 0 atom stereocenters. The van der Waals surface area contributed by atoms with Crippen LogP contribution in [0.1, 0.15) is 44.9 Å². The molecule has 2 N–H and O–H groups in total. The molecule has 0 bridgehead atoms. The van der Waals surface area contributed by atoms with Crippen LogP contribution in [-0.4, -0.2) is 16.8 Å². The number of hydrogen-bond acceptors (Lipinski definition) is 4. The van der Waals surface area contributed by atoms with Crippen LogP contribution in [0.3, 0.4) is 0 Å². The fourth-order valence-corrected chi connectivity index (χ4v) is 3.35. The van der Waals surface area contributed by atoms with Gasteiger partial charge in [-0.2, -0.15) is 0 Å². The third-order valence-corrected chi connectivity index (χ3v) is 4.46. The molecular formula is C15H19N3O2. The largest absolute Gasteiger partial charge is 0.397 e. The van der Waals surface area contributed by atoms with Crippen molar-refractivity contribution in [2.45, 2.75) is 44.9 Å². The van der Waals surface area contributed by atoms with E-state index in [9.17, 15) is 9.59 Å². The van der Waals surface area contributed by atoms with Crippen LogP contribution in [0.25, 0.3) is 0 Å². The van der Waals surface area contributed by atoms with Crippen LogP contribution >= 0.6 is 0 Å². The van der Waals surface area contributed by atoms with Crippen molar-refractivity contribution in [2.75, 3.05) is 10.6 Å². The molecule has 0 aromatic carbocycles. The fraction of sp³-hybridized carbons (Fsp3) is 0.533. The molecule has 2 aliphatic rings. The Morgan fingerprint density at radius 2 is 1.80 bits per heavy atom. The van der Waals surface area contributed by atoms with Gasteiger partial charge in [-0.1, -0.05) is 25.7 Å². The number of imide groups is 1. The van der Waals surface area contributed by atoms with Crippen molar-refractivity contribution in [3.8, 4) is 0 Å². The highest BCUT2D eigenvalue weighted by Gasteiger charge is 2.51. The van der Waals surface area contributed by atoms with Gasteiger partial charge in [-0.05, 0) is 25.0 Å². The molecule has 2 heterocycles. The molecule has 1 aliphatic carbocycles. The van der Waals surface area contributed by atoms with Gasteiger partial charge in [-0.25, -0.2) is 9.88 Å². The molecule has 5 heteroatoms. The van der Waals surface area contributed by atoms with Gasteiger partial charge in [0.15, 0.2) is 0 Å². The van der Waals surface area contributed by atoms with Crippen molar-refractivity contribution in [1.82, 2.24) is 4.98 Å². The van der Waals surface area contributed by atoms with E-state index in [1.807, 2.05) is 0 Å². The smallest absolute Gasteiger partial charge is 0.241 e. The summed E-state index contributed by atoms with van der Waals surface area (Å²) in [6, 6.07) is 3.31. The second kappa shape index (κ2) is 4.89. The van der Waals surface area contributed by atoms with Crippen LogP contribution in [-0.2, 0) is 9.59 Å². The van der Waals surface area contributed by atoms with Crippen molar-refractivity contribution >= 4 is 23.3 Å². The van der Waals surface area contributed by atoms with Crippen LogP contribution in [0.2, 0.25) is 0 Å². The molecule has 1 spiro atoms. The van der Waals surface area contributed by atoms with Crippen molar-refractivity contribution in [3.63, 3.8) is 0 Å². The summed E-state index contributed by atoms with van der Waals surface area (Å²) in [5, 5.41) is 0. The zero-order valence-corrected chi connectivity index (χ0v) is 11.5. The number of pyridine rings is 1.